The third-order valence-electron chi connectivity index (χ3n) is 2.49. The Balaban J connectivity index is 2.11. The Morgan fingerprint density at radius 1 is 1.65 bits per heavy atom. The minimum Gasteiger partial charge on any atom is -0.452 e. The molecule has 2 aromatic heterocycles. The summed E-state index contributed by atoms with van der Waals surface area (Å²) in [6.07, 6.45) is 4.92. The summed E-state index contributed by atoms with van der Waals surface area (Å²) >= 11 is 5.76. The van der Waals surface area contributed by atoms with E-state index in [0.29, 0.717) is 12.1 Å². The monoisotopic (exact) mass is 253 g/mol. The summed E-state index contributed by atoms with van der Waals surface area (Å²) in [5, 5.41) is 0.113. The summed E-state index contributed by atoms with van der Waals surface area (Å²) in [6.45, 7) is 0.420. The van der Waals surface area contributed by atoms with Gasteiger partial charge in [-0.1, -0.05) is 0 Å². The molecule has 0 atom stereocenters. The van der Waals surface area contributed by atoms with Crippen molar-refractivity contribution in [1.29, 1.82) is 0 Å². The molecule has 6 heteroatoms. The predicted molar refractivity (Wildman–Crippen MR) is 62.7 cm³/mol. The lowest BCUT2D eigenvalue weighted by molar-refractivity contribution is 0.0780. The number of nitrogens with zero attached hydrogens (tertiary/aromatic N) is 3. The van der Waals surface area contributed by atoms with E-state index in [0.717, 1.165) is 5.82 Å². The van der Waals surface area contributed by atoms with Crippen LogP contribution in [0.3, 0.4) is 0 Å². The Morgan fingerprint density at radius 2 is 2.41 bits per heavy atom. The van der Waals surface area contributed by atoms with Crippen LogP contribution in [0, 0.1) is 0 Å². The van der Waals surface area contributed by atoms with E-state index in [-0.39, 0.29) is 11.1 Å². The van der Waals surface area contributed by atoms with E-state index in [4.69, 9.17) is 16.0 Å². The molecular formula is C11H12ClN3O2. The number of rotatable bonds is 3. The largest absolute Gasteiger partial charge is 0.452 e. The number of halogens is 1. The van der Waals surface area contributed by atoms with Crippen LogP contribution >= 0.6 is 11.6 Å². The van der Waals surface area contributed by atoms with Crippen molar-refractivity contribution < 1.29 is 9.21 Å². The molecule has 2 rings (SSSR count). The second-order valence-corrected chi connectivity index (χ2v) is 4.07. The van der Waals surface area contributed by atoms with Gasteiger partial charge >= 0.3 is 0 Å². The number of amides is 1. The number of hydrogen-bond acceptors (Lipinski definition) is 3. The molecule has 0 fully saturated rings. The van der Waals surface area contributed by atoms with Gasteiger partial charge in [0, 0.05) is 26.5 Å². The van der Waals surface area contributed by atoms with Crippen LogP contribution in [0.25, 0.3) is 0 Å². The molecular weight excluding hydrogens is 242 g/mol. The molecule has 0 bridgehead atoms. The average molecular weight is 254 g/mol. The zero-order chi connectivity index (χ0) is 12.4. The molecule has 0 N–H and O–H groups in total. The fourth-order valence-corrected chi connectivity index (χ4v) is 1.68. The third-order valence-corrected chi connectivity index (χ3v) is 2.79. The third kappa shape index (κ3) is 2.34. The lowest BCUT2D eigenvalue weighted by Gasteiger charge is -2.15. The van der Waals surface area contributed by atoms with E-state index in [9.17, 15) is 4.79 Å². The van der Waals surface area contributed by atoms with Gasteiger partial charge in [0.2, 0.25) is 5.22 Å². The van der Waals surface area contributed by atoms with Gasteiger partial charge in [0.25, 0.3) is 5.91 Å². The molecule has 0 unspecified atom stereocenters. The lowest BCUT2D eigenvalue weighted by Crippen LogP contribution is -2.27. The van der Waals surface area contributed by atoms with E-state index in [1.54, 1.807) is 24.2 Å². The van der Waals surface area contributed by atoms with Gasteiger partial charge in [-0.05, 0) is 17.7 Å². The summed E-state index contributed by atoms with van der Waals surface area (Å²) in [5.74, 6) is 0.618. The molecule has 0 spiro atoms. The fourth-order valence-electron chi connectivity index (χ4n) is 1.48. The minimum atomic E-state index is -0.188. The Bertz CT molecular complexity index is 532. The normalized spacial score (nSPS) is 10.5. The van der Waals surface area contributed by atoms with E-state index >= 15 is 0 Å². The first-order valence-electron chi connectivity index (χ1n) is 5.04. The molecule has 0 saturated carbocycles. The molecule has 1 amide bonds. The molecule has 0 aliphatic carbocycles. The summed E-state index contributed by atoms with van der Waals surface area (Å²) in [4.78, 5) is 17.7. The first kappa shape index (κ1) is 11.7. The van der Waals surface area contributed by atoms with Gasteiger partial charge in [0.05, 0.1) is 18.4 Å². The molecule has 17 heavy (non-hydrogen) atoms. The fraction of sp³-hybridized carbons (Fsp3) is 0.273. The molecule has 5 nitrogen and oxygen atoms in total. The molecule has 0 aliphatic rings. The Labute approximate surface area is 104 Å². The highest BCUT2D eigenvalue weighted by molar-refractivity contribution is 6.32. The molecule has 0 saturated heterocycles. The zero-order valence-corrected chi connectivity index (χ0v) is 10.3. The molecule has 90 valence electrons. The number of imidazole rings is 1. The van der Waals surface area contributed by atoms with Crippen LogP contribution in [0.1, 0.15) is 16.2 Å². The topological polar surface area (TPSA) is 51.3 Å². The number of aryl methyl sites for hydroxylation is 1. The van der Waals surface area contributed by atoms with Crippen LogP contribution in [0.4, 0.5) is 0 Å². The number of aromatic nitrogens is 2. The average Bonchev–Trinajstić information content (AvgIpc) is 2.88. The van der Waals surface area contributed by atoms with E-state index in [1.165, 1.54) is 6.26 Å². The van der Waals surface area contributed by atoms with Crippen LogP contribution in [0.2, 0.25) is 5.22 Å². The van der Waals surface area contributed by atoms with E-state index in [1.807, 2.05) is 17.8 Å². The van der Waals surface area contributed by atoms with Crippen molar-refractivity contribution in [1.82, 2.24) is 14.5 Å². The highest BCUT2D eigenvalue weighted by Gasteiger charge is 2.18. The van der Waals surface area contributed by atoms with Gasteiger partial charge < -0.3 is 13.9 Å². The van der Waals surface area contributed by atoms with Crippen LogP contribution in [0.15, 0.2) is 29.1 Å². The number of hydrogen-bond donors (Lipinski definition) is 0. The highest BCUT2D eigenvalue weighted by Crippen LogP contribution is 2.18. The summed E-state index contributed by atoms with van der Waals surface area (Å²) < 4.78 is 6.75. The maximum atomic E-state index is 12.0. The standard InChI is InChI=1S/C11H12ClN3O2/c1-14-5-4-13-9(14)7-15(2)11(16)8-3-6-17-10(8)12/h3-6H,7H2,1-2H3. The smallest absolute Gasteiger partial charge is 0.258 e. The predicted octanol–water partition coefficient (Wildman–Crippen LogP) is 1.94. The Kier molecular flexibility index (Phi) is 3.19. The first-order valence-corrected chi connectivity index (χ1v) is 5.42. The molecule has 2 aromatic rings. The van der Waals surface area contributed by atoms with Gasteiger partial charge in [0.15, 0.2) is 0 Å². The van der Waals surface area contributed by atoms with Crippen molar-refractivity contribution in [3.8, 4) is 0 Å². The van der Waals surface area contributed by atoms with Crippen LogP contribution < -0.4 is 0 Å². The van der Waals surface area contributed by atoms with Crippen molar-refractivity contribution in [2.75, 3.05) is 7.05 Å². The van der Waals surface area contributed by atoms with Crippen LogP contribution in [0.5, 0.6) is 0 Å². The van der Waals surface area contributed by atoms with Gasteiger partial charge in [-0.15, -0.1) is 0 Å². The van der Waals surface area contributed by atoms with Gasteiger partial charge in [-0.25, -0.2) is 4.98 Å². The van der Waals surface area contributed by atoms with Gasteiger partial charge in [-0.2, -0.15) is 0 Å². The summed E-state index contributed by atoms with van der Waals surface area (Å²) in [6, 6.07) is 1.56. The maximum Gasteiger partial charge on any atom is 0.258 e. The van der Waals surface area contributed by atoms with Crippen molar-refractivity contribution in [3.63, 3.8) is 0 Å². The molecule has 0 aliphatic heterocycles. The van der Waals surface area contributed by atoms with Crippen LogP contribution in [-0.2, 0) is 13.6 Å². The summed E-state index contributed by atoms with van der Waals surface area (Å²) in [5.41, 5.74) is 0.364. The maximum absolute atomic E-state index is 12.0. The van der Waals surface area contributed by atoms with Crippen molar-refractivity contribution in [3.05, 3.63) is 41.3 Å². The number of carbonyl (C=O) groups is 1. The minimum absolute atomic E-state index is 0.113. The lowest BCUT2D eigenvalue weighted by atomic mass is 10.3. The van der Waals surface area contributed by atoms with E-state index < -0.39 is 0 Å². The van der Waals surface area contributed by atoms with Crippen LogP contribution in [-0.4, -0.2) is 27.4 Å². The Hall–Kier alpha value is -1.75. The number of furan rings is 1. The summed E-state index contributed by atoms with van der Waals surface area (Å²) in [7, 11) is 3.58. The first-order chi connectivity index (χ1) is 8.09. The second kappa shape index (κ2) is 4.63. The van der Waals surface area contributed by atoms with Gasteiger partial charge in [0.1, 0.15) is 5.82 Å². The van der Waals surface area contributed by atoms with Crippen molar-refractivity contribution in [2.24, 2.45) is 7.05 Å². The molecule has 0 aromatic carbocycles. The zero-order valence-electron chi connectivity index (χ0n) is 9.55. The molecule has 2 heterocycles. The second-order valence-electron chi connectivity index (χ2n) is 3.72. The van der Waals surface area contributed by atoms with E-state index in [2.05, 4.69) is 4.98 Å². The Morgan fingerprint density at radius 3 is 2.94 bits per heavy atom. The molecule has 0 radical (unpaired) electrons. The van der Waals surface area contributed by atoms with Crippen molar-refractivity contribution in [2.45, 2.75) is 6.54 Å². The number of carbonyl (C=O) groups excluding carboxylic acids is 1. The highest BCUT2D eigenvalue weighted by atomic mass is 35.5. The van der Waals surface area contributed by atoms with Crippen molar-refractivity contribution >= 4 is 17.5 Å². The SMILES string of the molecule is CN(Cc1nccn1C)C(=O)c1ccoc1Cl. The quantitative estimate of drug-likeness (QED) is 0.840. The van der Waals surface area contributed by atoms with Gasteiger partial charge in [-0.3, -0.25) is 4.79 Å².